The molecule has 0 saturated carbocycles. The average molecular weight is 430 g/mol. The molecule has 0 radical (unpaired) electrons. The lowest BCUT2D eigenvalue weighted by Gasteiger charge is -2.32. The number of ether oxygens (including phenoxy) is 1. The monoisotopic (exact) mass is 429 g/mol. The normalized spacial score (nSPS) is 15.8. The van der Waals surface area contributed by atoms with Crippen molar-refractivity contribution >= 4 is 17.5 Å². The summed E-state index contributed by atoms with van der Waals surface area (Å²) in [4.78, 5) is 30.8. The van der Waals surface area contributed by atoms with Gasteiger partial charge in [-0.15, -0.1) is 0 Å². The number of rotatable bonds is 6. The molecule has 6 nitrogen and oxygen atoms in total. The summed E-state index contributed by atoms with van der Waals surface area (Å²) >= 11 is 0. The molecule has 32 heavy (non-hydrogen) atoms. The molecular formula is C26H27N3O3. The minimum absolute atomic E-state index is 0.00211. The van der Waals surface area contributed by atoms with E-state index in [0.717, 1.165) is 42.0 Å². The molecule has 1 fully saturated rings. The molecule has 3 aromatic rings. The topological polar surface area (TPSA) is 71.5 Å². The second kappa shape index (κ2) is 10.1. The number of likely N-dealkylation sites (tertiary alicyclic amines) is 1. The van der Waals surface area contributed by atoms with Crippen LogP contribution in [-0.4, -0.2) is 41.4 Å². The lowest BCUT2D eigenvalue weighted by Crippen LogP contribution is -2.41. The summed E-state index contributed by atoms with van der Waals surface area (Å²) in [6.07, 6.45) is 1.93. The van der Waals surface area contributed by atoms with Crippen LogP contribution in [0.5, 0.6) is 5.75 Å². The van der Waals surface area contributed by atoms with Crippen LogP contribution >= 0.6 is 0 Å². The van der Waals surface area contributed by atoms with Crippen LogP contribution < -0.4 is 10.1 Å². The third-order valence-electron chi connectivity index (χ3n) is 5.55. The molecule has 1 atom stereocenters. The number of hydrogen-bond acceptors (Lipinski definition) is 4. The van der Waals surface area contributed by atoms with Crippen molar-refractivity contribution in [3.05, 3.63) is 78.5 Å². The van der Waals surface area contributed by atoms with E-state index in [1.807, 2.05) is 77.7 Å². The number of amides is 2. The first-order valence-electron chi connectivity index (χ1n) is 10.9. The lowest BCUT2D eigenvalue weighted by atomic mass is 9.93. The summed E-state index contributed by atoms with van der Waals surface area (Å²) in [7, 11) is 0. The maximum atomic E-state index is 12.7. The Hall–Kier alpha value is -3.67. The Labute approximate surface area is 188 Å². The molecule has 0 spiro atoms. The van der Waals surface area contributed by atoms with E-state index in [1.54, 1.807) is 0 Å². The number of anilines is 1. The summed E-state index contributed by atoms with van der Waals surface area (Å²) in [5, 5.41) is 2.81. The minimum Gasteiger partial charge on any atom is -0.484 e. The molecular weight excluding hydrogens is 402 g/mol. The van der Waals surface area contributed by atoms with Gasteiger partial charge in [0.05, 0.1) is 5.69 Å². The molecule has 1 aliphatic heterocycles. The second-order valence-corrected chi connectivity index (χ2v) is 7.99. The number of piperidine rings is 1. The van der Waals surface area contributed by atoms with Gasteiger partial charge in [-0.2, -0.15) is 0 Å². The van der Waals surface area contributed by atoms with Crippen molar-refractivity contribution in [3.8, 4) is 17.0 Å². The summed E-state index contributed by atoms with van der Waals surface area (Å²) in [5.41, 5.74) is 3.52. The maximum Gasteiger partial charge on any atom is 0.260 e. The van der Waals surface area contributed by atoms with E-state index >= 15 is 0 Å². The first-order valence-corrected chi connectivity index (χ1v) is 10.9. The molecule has 0 bridgehead atoms. The molecule has 0 aliphatic carbocycles. The second-order valence-electron chi connectivity index (χ2n) is 7.99. The fourth-order valence-corrected chi connectivity index (χ4v) is 4.00. The fraction of sp³-hybridized carbons (Fsp3) is 0.269. The third-order valence-corrected chi connectivity index (χ3v) is 5.55. The number of pyridine rings is 1. The molecule has 4 rings (SSSR count). The highest BCUT2D eigenvalue weighted by Crippen LogP contribution is 2.28. The summed E-state index contributed by atoms with van der Waals surface area (Å²) < 4.78 is 5.64. The van der Waals surface area contributed by atoms with Gasteiger partial charge in [-0.25, -0.2) is 0 Å². The van der Waals surface area contributed by atoms with Crippen LogP contribution in [0.2, 0.25) is 0 Å². The number of nitrogens with one attached hydrogen (secondary N) is 1. The van der Waals surface area contributed by atoms with E-state index in [9.17, 15) is 9.59 Å². The van der Waals surface area contributed by atoms with Crippen molar-refractivity contribution in [2.45, 2.75) is 25.7 Å². The Morgan fingerprint density at radius 3 is 2.69 bits per heavy atom. The smallest absolute Gasteiger partial charge is 0.260 e. The van der Waals surface area contributed by atoms with Crippen LogP contribution in [0.3, 0.4) is 0 Å². The van der Waals surface area contributed by atoms with E-state index in [0.29, 0.717) is 12.3 Å². The van der Waals surface area contributed by atoms with Gasteiger partial charge in [0.25, 0.3) is 5.91 Å². The van der Waals surface area contributed by atoms with Crippen LogP contribution in [0.25, 0.3) is 11.3 Å². The van der Waals surface area contributed by atoms with Crippen LogP contribution in [0.1, 0.15) is 31.4 Å². The van der Waals surface area contributed by atoms with E-state index in [4.69, 9.17) is 9.72 Å². The van der Waals surface area contributed by atoms with Gasteiger partial charge in [-0.1, -0.05) is 36.4 Å². The number of aromatic nitrogens is 1. The number of benzene rings is 2. The Morgan fingerprint density at radius 1 is 1.06 bits per heavy atom. The highest BCUT2D eigenvalue weighted by atomic mass is 16.5. The van der Waals surface area contributed by atoms with Gasteiger partial charge in [0.1, 0.15) is 5.75 Å². The number of hydrogen-bond donors (Lipinski definition) is 1. The van der Waals surface area contributed by atoms with E-state index in [-0.39, 0.29) is 24.3 Å². The number of para-hydroxylation sites is 1. The predicted octanol–water partition coefficient (Wildman–Crippen LogP) is 4.49. The summed E-state index contributed by atoms with van der Waals surface area (Å²) in [5.74, 6) is 0.776. The van der Waals surface area contributed by atoms with Crippen molar-refractivity contribution in [2.75, 3.05) is 25.0 Å². The third kappa shape index (κ3) is 5.52. The van der Waals surface area contributed by atoms with E-state index in [1.165, 1.54) is 6.92 Å². The van der Waals surface area contributed by atoms with Crippen molar-refractivity contribution in [3.63, 3.8) is 0 Å². The zero-order valence-electron chi connectivity index (χ0n) is 18.2. The minimum atomic E-state index is -0.105. The zero-order chi connectivity index (χ0) is 22.3. The first-order chi connectivity index (χ1) is 15.6. The molecule has 2 aromatic carbocycles. The molecule has 1 aromatic heterocycles. The van der Waals surface area contributed by atoms with Gasteiger partial charge in [0, 0.05) is 42.9 Å². The Morgan fingerprint density at radius 2 is 1.88 bits per heavy atom. The van der Waals surface area contributed by atoms with Gasteiger partial charge in [-0.05, 0) is 49.2 Å². The largest absolute Gasteiger partial charge is 0.484 e. The van der Waals surface area contributed by atoms with E-state index < -0.39 is 0 Å². The van der Waals surface area contributed by atoms with Gasteiger partial charge >= 0.3 is 0 Å². The average Bonchev–Trinajstić information content (AvgIpc) is 2.83. The molecule has 164 valence electrons. The number of nitrogens with zero attached hydrogens (tertiary/aromatic N) is 2. The molecule has 2 heterocycles. The Balaban J connectivity index is 1.43. The highest BCUT2D eigenvalue weighted by Gasteiger charge is 2.26. The predicted molar refractivity (Wildman–Crippen MR) is 124 cm³/mol. The van der Waals surface area contributed by atoms with Crippen LogP contribution in [0.15, 0.2) is 72.8 Å². The van der Waals surface area contributed by atoms with Crippen molar-refractivity contribution in [1.29, 1.82) is 0 Å². The summed E-state index contributed by atoms with van der Waals surface area (Å²) in [6, 6.07) is 23.1. The fourth-order valence-electron chi connectivity index (χ4n) is 4.00. The lowest BCUT2D eigenvalue weighted by molar-refractivity contribution is -0.134. The standard InChI is InChI=1S/C26H27N3O3/c1-19(30)27-22-10-5-8-20(16-22)24-13-6-14-25(28-24)21-9-7-15-29(17-21)26(31)18-32-23-11-3-2-4-12-23/h2-6,8,10-14,16,21H,7,9,15,17-18H2,1H3,(H,27,30)/t21-/m1/s1. The summed E-state index contributed by atoms with van der Waals surface area (Å²) in [6.45, 7) is 2.91. The molecule has 1 saturated heterocycles. The molecule has 1 aliphatic rings. The van der Waals surface area contributed by atoms with Gasteiger partial charge in [-0.3, -0.25) is 14.6 Å². The molecule has 6 heteroatoms. The Bertz CT molecular complexity index is 1080. The Kier molecular flexibility index (Phi) is 6.80. The van der Waals surface area contributed by atoms with Gasteiger partial charge in [0.2, 0.25) is 5.91 Å². The first kappa shape index (κ1) is 21.6. The maximum absolute atomic E-state index is 12.7. The quantitative estimate of drug-likeness (QED) is 0.627. The zero-order valence-corrected chi connectivity index (χ0v) is 18.2. The number of carbonyl (C=O) groups is 2. The van der Waals surface area contributed by atoms with Crippen molar-refractivity contribution in [2.24, 2.45) is 0 Å². The molecule has 1 N–H and O–H groups in total. The van der Waals surface area contributed by atoms with Crippen molar-refractivity contribution < 1.29 is 14.3 Å². The van der Waals surface area contributed by atoms with Crippen molar-refractivity contribution in [1.82, 2.24) is 9.88 Å². The molecule has 0 unspecified atom stereocenters. The number of carbonyl (C=O) groups excluding carboxylic acids is 2. The SMILES string of the molecule is CC(=O)Nc1cccc(-c2cccc([C@@H]3CCCN(C(=O)COc4ccccc4)C3)n2)c1. The van der Waals surface area contributed by atoms with Gasteiger partial charge < -0.3 is 15.0 Å². The van der Waals surface area contributed by atoms with Crippen LogP contribution in [0.4, 0.5) is 5.69 Å². The van der Waals surface area contributed by atoms with Gasteiger partial charge in [0.15, 0.2) is 6.61 Å². The highest BCUT2D eigenvalue weighted by molar-refractivity contribution is 5.89. The van der Waals surface area contributed by atoms with Crippen LogP contribution in [-0.2, 0) is 9.59 Å². The molecule has 2 amide bonds. The van der Waals surface area contributed by atoms with Crippen LogP contribution in [0, 0.1) is 0 Å². The van der Waals surface area contributed by atoms with E-state index in [2.05, 4.69) is 5.32 Å².